The molecular weight excluding hydrogens is 256 g/mol. The van der Waals surface area contributed by atoms with Crippen LogP contribution in [0.1, 0.15) is 25.3 Å². The quantitative estimate of drug-likeness (QED) is 0.851. The SMILES string of the molecule is CCOC(=O)NN=C1CCN(Cc2cccnc2)CC1. The van der Waals surface area contributed by atoms with Crippen molar-refractivity contribution in [3.8, 4) is 0 Å². The molecule has 1 saturated heterocycles. The van der Waals surface area contributed by atoms with Crippen molar-refractivity contribution < 1.29 is 9.53 Å². The van der Waals surface area contributed by atoms with Crippen LogP contribution >= 0.6 is 0 Å². The number of carbonyl (C=O) groups is 1. The lowest BCUT2D eigenvalue weighted by atomic mass is 10.1. The van der Waals surface area contributed by atoms with Crippen LogP contribution < -0.4 is 5.43 Å². The van der Waals surface area contributed by atoms with Crippen LogP contribution in [0.2, 0.25) is 0 Å². The van der Waals surface area contributed by atoms with Crippen LogP contribution in [0.15, 0.2) is 29.6 Å². The molecule has 1 aliphatic heterocycles. The standard InChI is InChI=1S/C14H20N4O2/c1-2-20-14(19)17-16-13-5-8-18(9-6-13)11-12-4-3-7-15-10-12/h3-4,7,10H,2,5-6,8-9,11H2,1H3,(H,17,19). The van der Waals surface area contributed by atoms with Gasteiger partial charge in [0.2, 0.25) is 0 Å². The molecule has 108 valence electrons. The third-order valence-corrected chi connectivity index (χ3v) is 3.14. The van der Waals surface area contributed by atoms with E-state index in [1.54, 1.807) is 13.1 Å². The van der Waals surface area contributed by atoms with Gasteiger partial charge in [0, 0.05) is 50.6 Å². The molecule has 0 aromatic carbocycles. The Balaban J connectivity index is 1.75. The van der Waals surface area contributed by atoms with Crippen molar-refractivity contribution in [3.63, 3.8) is 0 Å². The zero-order valence-electron chi connectivity index (χ0n) is 11.7. The second kappa shape index (κ2) is 7.59. The van der Waals surface area contributed by atoms with Gasteiger partial charge in [-0.2, -0.15) is 5.10 Å². The summed E-state index contributed by atoms with van der Waals surface area (Å²) in [6.07, 6.45) is 4.93. The van der Waals surface area contributed by atoms with Gasteiger partial charge in [0.1, 0.15) is 0 Å². The van der Waals surface area contributed by atoms with E-state index >= 15 is 0 Å². The van der Waals surface area contributed by atoms with Gasteiger partial charge in [0.25, 0.3) is 0 Å². The van der Waals surface area contributed by atoms with Gasteiger partial charge in [-0.05, 0) is 18.6 Å². The second-order valence-corrected chi connectivity index (χ2v) is 4.65. The first kappa shape index (κ1) is 14.5. The molecule has 1 fully saturated rings. The van der Waals surface area contributed by atoms with E-state index in [1.807, 2.05) is 12.3 Å². The summed E-state index contributed by atoms with van der Waals surface area (Å²) in [6, 6.07) is 4.04. The average Bonchev–Trinajstić information content (AvgIpc) is 2.48. The zero-order chi connectivity index (χ0) is 14.2. The summed E-state index contributed by atoms with van der Waals surface area (Å²) in [4.78, 5) is 17.6. The Morgan fingerprint density at radius 2 is 2.30 bits per heavy atom. The van der Waals surface area contributed by atoms with E-state index in [0.717, 1.165) is 38.2 Å². The van der Waals surface area contributed by atoms with Crippen molar-refractivity contribution in [2.45, 2.75) is 26.3 Å². The molecule has 20 heavy (non-hydrogen) atoms. The molecule has 0 saturated carbocycles. The van der Waals surface area contributed by atoms with Gasteiger partial charge in [0.05, 0.1) is 6.61 Å². The van der Waals surface area contributed by atoms with Crippen molar-refractivity contribution in [2.75, 3.05) is 19.7 Å². The number of hydrogen-bond acceptors (Lipinski definition) is 5. The number of likely N-dealkylation sites (tertiary alicyclic amines) is 1. The summed E-state index contributed by atoms with van der Waals surface area (Å²) in [5, 5.41) is 4.10. The number of amides is 1. The molecule has 1 amide bonds. The molecule has 0 aliphatic carbocycles. The summed E-state index contributed by atoms with van der Waals surface area (Å²) in [5.74, 6) is 0. The Bertz CT molecular complexity index is 452. The van der Waals surface area contributed by atoms with Crippen molar-refractivity contribution in [1.29, 1.82) is 0 Å². The van der Waals surface area contributed by atoms with Crippen molar-refractivity contribution in [2.24, 2.45) is 5.10 Å². The van der Waals surface area contributed by atoms with Gasteiger partial charge in [-0.15, -0.1) is 0 Å². The van der Waals surface area contributed by atoms with Gasteiger partial charge < -0.3 is 4.74 Å². The van der Waals surface area contributed by atoms with E-state index in [9.17, 15) is 4.79 Å². The van der Waals surface area contributed by atoms with Crippen LogP contribution in [0.3, 0.4) is 0 Å². The van der Waals surface area contributed by atoms with Crippen molar-refractivity contribution in [3.05, 3.63) is 30.1 Å². The van der Waals surface area contributed by atoms with E-state index in [4.69, 9.17) is 4.74 Å². The molecule has 0 spiro atoms. The molecular formula is C14H20N4O2. The van der Waals surface area contributed by atoms with Gasteiger partial charge in [-0.1, -0.05) is 6.07 Å². The van der Waals surface area contributed by atoms with Crippen molar-refractivity contribution >= 4 is 11.8 Å². The highest BCUT2D eigenvalue weighted by atomic mass is 16.5. The molecule has 2 heterocycles. The number of hydrogen-bond donors (Lipinski definition) is 1. The van der Waals surface area contributed by atoms with Crippen LogP contribution in [0.5, 0.6) is 0 Å². The fourth-order valence-corrected chi connectivity index (χ4v) is 2.12. The van der Waals surface area contributed by atoms with E-state index in [0.29, 0.717) is 6.61 Å². The lowest BCUT2D eigenvalue weighted by molar-refractivity contribution is 0.152. The van der Waals surface area contributed by atoms with Crippen LogP contribution in [0.4, 0.5) is 4.79 Å². The number of rotatable bonds is 4. The Morgan fingerprint density at radius 3 is 2.95 bits per heavy atom. The number of nitrogens with zero attached hydrogens (tertiary/aromatic N) is 3. The lowest BCUT2D eigenvalue weighted by Crippen LogP contribution is -2.34. The normalized spacial score (nSPS) is 15.8. The maximum Gasteiger partial charge on any atom is 0.427 e. The van der Waals surface area contributed by atoms with E-state index in [1.165, 1.54) is 5.56 Å². The third-order valence-electron chi connectivity index (χ3n) is 3.14. The number of pyridine rings is 1. The van der Waals surface area contributed by atoms with Crippen LogP contribution in [-0.2, 0) is 11.3 Å². The number of piperidine rings is 1. The molecule has 0 unspecified atom stereocenters. The molecule has 6 heteroatoms. The Morgan fingerprint density at radius 1 is 1.50 bits per heavy atom. The Labute approximate surface area is 118 Å². The Kier molecular flexibility index (Phi) is 5.49. The minimum absolute atomic E-state index is 0.357. The smallest absolute Gasteiger partial charge is 0.427 e. The van der Waals surface area contributed by atoms with E-state index in [-0.39, 0.29) is 0 Å². The monoisotopic (exact) mass is 276 g/mol. The van der Waals surface area contributed by atoms with Gasteiger partial charge in [-0.3, -0.25) is 9.88 Å². The first-order valence-electron chi connectivity index (χ1n) is 6.87. The number of carbonyl (C=O) groups excluding carboxylic acids is 1. The molecule has 1 aromatic rings. The predicted octanol–water partition coefficient (Wildman–Crippen LogP) is 1.78. The molecule has 2 rings (SSSR count). The topological polar surface area (TPSA) is 66.8 Å². The maximum absolute atomic E-state index is 11.1. The molecule has 0 bridgehead atoms. The Hall–Kier alpha value is -1.95. The van der Waals surface area contributed by atoms with Gasteiger partial charge in [-0.25, -0.2) is 10.2 Å². The third kappa shape index (κ3) is 4.62. The van der Waals surface area contributed by atoms with Gasteiger partial charge >= 0.3 is 6.09 Å². The van der Waals surface area contributed by atoms with E-state index in [2.05, 4.69) is 26.5 Å². The summed E-state index contributed by atoms with van der Waals surface area (Å²) in [5.41, 5.74) is 4.65. The minimum Gasteiger partial charge on any atom is -0.449 e. The largest absolute Gasteiger partial charge is 0.449 e. The number of aromatic nitrogens is 1. The molecule has 1 aliphatic rings. The summed E-state index contributed by atoms with van der Waals surface area (Å²) < 4.78 is 4.76. The molecule has 1 aromatic heterocycles. The highest BCUT2D eigenvalue weighted by Crippen LogP contribution is 2.11. The molecule has 1 N–H and O–H groups in total. The van der Waals surface area contributed by atoms with Gasteiger partial charge in [0.15, 0.2) is 0 Å². The molecule has 0 atom stereocenters. The highest BCUT2D eigenvalue weighted by Gasteiger charge is 2.15. The second-order valence-electron chi connectivity index (χ2n) is 4.65. The predicted molar refractivity (Wildman–Crippen MR) is 76.3 cm³/mol. The average molecular weight is 276 g/mol. The summed E-state index contributed by atoms with van der Waals surface area (Å²) in [7, 11) is 0. The lowest BCUT2D eigenvalue weighted by Gasteiger charge is -2.27. The highest BCUT2D eigenvalue weighted by molar-refractivity contribution is 5.86. The van der Waals surface area contributed by atoms with Crippen LogP contribution in [0.25, 0.3) is 0 Å². The van der Waals surface area contributed by atoms with Crippen molar-refractivity contribution in [1.82, 2.24) is 15.3 Å². The fourth-order valence-electron chi connectivity index (χ4n) is 2.12. The number of nitrogens with one attached hydrogen (secondary N) is 1. The maximum atomic E-state index is 11.1. The summed E-state index contributed by atoms with van der Waals surface area (Å²) in [6.45, 7) is 4.92. The fraction of sp³-hybridized carbons (Fsp3) is 0.500. The molecule has 0 radical (unpaired) electrons. The first-order chi connectivity index (χ1) is 9.78. The number of hydrazone groups is 1. The van der Waals surface area contributed by atoms with Crippen LogP contribution in [-0.4, -0.2) is 41.4 Å². The molecule has 6 nitrogen and oxygen atoms in total. The number of ether oxygens (including phenoxy) is 1. The van der Waals surface area contributed by atoms with Crippen LogP contribution in [0, 0.1) is 0 Å². The first-order valence-corrected chi connectivity index (χ1v) is 6.87. The van der Waals surface area contributed by atoms with E-state index < -0.39 is 6.09 Å². The summed E-state index contributed by atoms with van der Waals surface area (Å²) >= 11 is 0. The zero-order valence-corrected chi connectivity index (χ0v) is 11.7. The minimum atomic E-state index is -0.488.